The standard InChI is InChI=1S/C12H17N3O2/c1-11(2)12(3,4)15(17)10(14(11)16)9-7-5-6-8-13-9/h5-8,14H,1-4H3. The van der Waals surface area contributed by atoms with Gasteiger partial charge in [-0.2, -0.15) is 0 Å². The molecule has 1 atom stereocenters. The van der Waals surface area contributed by atoms with Crippen LogP contribution in [0.1, 0.15) is 33.4 Å². The van der Waals surface area contributed by atoms with Gasteiger partial charge in [0.2, 0.25) is 5.54 Å². The van der Waals surface area contributed by atoms with E-state index in [1.807, 2.05) is 0 Å². The number of rotatable bonds is 1. The molecule has 0 saturated carbocycles. The van der Waals surface area contributed by atoms with Crippen molar-refractivity contribution in [2.45, 2.75) is 38.8 Å². The SMILES string of the molecule is CC1(C)[N+]([O-])=C(c2ccccn2)[NH+]([O-])C1(C)C. The molecule has 0 bridgehead atoms. The van der Waals surface area contributed by atoms with Crippen LogP contribution in [0, 0.1) is 10.4 Å². The molecule has 2 heterocycles. The average Bonchev–Trinajstić information content (AvgIpc) is 2.40. The van der Waals surface area contributed by atoms with E-state index in [4.69, 9.17) is 0 Å². The van der Waals surface area contributed by atoms with E-state index in [0.29, 0.717) is 5.69 Å². The highest BCUT2D eigenvalue weighted by atomic mass is 16.5. The number of amidine groups is 1. The van der Waals surface area contributed by atoms with Crippen LogP contribution < -0.4 is 5.06 Å². The Bertz CT molecular complexity index is 466. The maximum absolute atomic E-state index is 12.3. The van der Waals surface area contributed by atoms with E-state index in [-0.39, 0.29) is 10.9 Å². The Morgan fingerprint density at radius 3 is 2.29 bits per heavy atom. The molecular formula is C12H17N3O2. The largest absolute Gasteiger partial charge is 0.624 e. The fourth-order valence-electron chi connectivity index (χ4n) is 1.92. The van der Waals surface area contributed by atoms with Crippen LogP contribution >= 0.6 is 0 Å². The second kappa shape index (κ2) is 3.51. The molecule has 92 valence electrons. The minimum Gasteiger partial charge on any atom is -0.624 e. The predicted molar refractivity (Wildman–Crippen MR) is 64.5 cm³/mol. The lowest BCUT2D eigenvalue weighted by Gasteiger charge is -2.34. The molecule has 1 unspecified atom stereocenters. The lowest BCUT2D eigenvalue weighted by molar-refractivity contribution is -0.805. The Morgan fingerprint density at radius 1 is 1.24 bits per heavy atom. The molecule has 0 radical (unpaired) electrons. The van der Waals surface area contributed by atoms with E-state index >= 15 is 0 Å². The van der Waals surface area contributed by atoms with Crippen LogP contribution in [0.3, 0.4) is 0 Å². The highest BCUT2D eigenvalue weighted by molar-refractivity contribution is 5.87. The van der Waals surface area contributed by atoms with E-state index in [1.54, 1.807) is 52.1 Å². The molecule has 0 saturated heterocycles. The number of quaternary nitrogens is 1. The van der Waals surface area contributed by atoms with Gasteiger partial charge in [-0.1, -0.05) is 6.07 Å². The molecule has 0 amide bonds. The number of hydroxylamine groups is 3. The topological polar surface area (TPSA) is 66.5 Å². The van der Waals surface area contributed by atoms with E-state index in [1.165, 1.54) is 0 Å². The molecule has 1 aliphatic rings. The molecule has 1 aromatic heterocycles. The lowest BCUT2D eigenvalue weighted by Crippen LogP contribution is -3.17. The molecular weight excluding hydrogens is 218 g/mol. The summed E-state index contributed by atoms with van der Waals surface area (Å²) in [5, 5.41) is 24.5. The fraction of sp³-hybridized carbons (Fsp3) is 0.500. The number of hydrogen-bond acceptors (Lipinski definition) is 3. The number of hydrogen-bond donors (Lipinski definition) is 1. The smallest absolute Gasteiger partial charge is 0.400 e. The summed E-state index contributed by atoms with van der Waals surface area (Å²) in [4.78, 5) is 4.09. The van der Waals surface area contributed by atoms with Gasteiger partial charge in [-0.05, 0) is 26.0 Å². The molecule has 0 aromatic carbocycles. The van der Waals surface area contributed by atoms with Crippen molar-refractivity contribution in [3.05, 3.63) is 40.5 Å². The van der Waals surface area contributed by atoms with Gasteiger partial charge in [0.25, 0.3) is 0 Å². The highest BCUT2D eigenvalue weighted by Gasteiger charge is 2.60. The van der Waals surface area contributed by atoms with Gasteiger partial charge >= 0.3 is 5.84 Å². The molecule has 0 aliphatic carbocycles. The first-order valence-corrected chi connectivity index (χ1v) is 5.60. The zero-order valence-corrected chi connectivity index (χ0v) is 10.5. The van der Waals surface area contributed by atoms with Gasteiger partial charge in [-0.25, -0.2) is 4.98 Å². The van der Waals surface area contributed by atoms with Gasteiger partial charge in [0, 0.05) is 20.0 Å². The van der Waals surface area contributed by atoms with Crippen LogP contribution in [0.2, 0.25) is 0 Å². The number of aromatic nitrogens is 1. The van der Waals surface area contributed by atoms with Crippen molar-refractivity contribution in [2.24, 2.45) is 0 Å². The minimum atomic E-state index is -0.753. The highest BCUT2D eigenvalue weighted by Crippen LogP contribution is 2.26. The molecule has 1 aliphatic heterocycles. The van der Waals surface area contributed by atoms with Crippen molar-refractivity contribution in [1.82, 2.24) is 4.98 Å². The number of pyridine rings is 1. The molecule has 1 aromatic rings. The fourth-order valence-corrected chi connectivity index (χ4v) is 1.92. The van der Waals surface area contributed by atoms with E-state index in [2.05, 4.69) is 4.98 Å². The van der Waals surface area contributed by atoms with Crippen LogP contribution in [0.15, 0.2) is 24.4 Å². The molecule has 17 heavy (non-hydrogen) atoms. The quantitative estimate of drug-likeness (QED) is 0.562. The Kier molecular flexibility index (Phi) is 2.48. The van der Waals surface area contributed by atoms with E-state index in [9.17, 15) is 10.4 Å². The first-order chi connectivity index (χ1) is 7.80. The summed E-state index contributed by atoms with van der Waals surface area (Å²) in [6, 6.07) is 5.22. The van der Waals surface area contributed by atoms with Crippen LogP contribution in [0.4, 0.5) is 0 Å². The minimum absolute atomic E-state index is 0.142. The second-order valence-corrected chi connectivity index (χ2v) is 5.37. The van der Waals surface area contributed by atoms with Crippen molar-refractivity contribution >= 4 is 5.84 Å². The van der Waals surface area contributed by atoms with Crippen molar-refractivity contribution in [1.29, 1.82) is 0 Å². The molecule has 1 N–H and O–H groups in total. The molecule has 2 rings (SSSR count). The van der Waals surface area contributed by atoms with Crippen LogP contribution in [0.5, 0.6) is 0 Å². The van der Waals surface area contributed by atoms with Crippen LogP contribution in [-0.2, 0) is 0 Å². The van der Waals surface area contributed by atoms with E-state index < -0.39 is 11.1 Å². The zero-order chi connectivity index (χ0) is 12.8. The molecule has 0 spiro atoms. The average molecular weight is 235 g/mol. The Morgan fingerprint density at radius 2 is 1.88 bits per heavy atom. The summed E-state index contributed by atoms with van der Waals surface area (Å²) < 4.78 is 0.803. The van der Waals surface area contributed by atoms with Gasteiger partial charge in [0.05, 0.1) is 0 Å². The lowest BCUT2D eigenvalue weighted by atomic mass is 9.84. The summed E-state index contributed by atoms with van der Waals surface area (Å²) in [7, 11) is 0. The van der Waals surface area contributed by atoms with Crippen molar-refractivity contribution < 1.29 is 9.80 Å². The van der Waals surface area contributed by atoms with Crippen LogP contribution in [0.25, 0.3) is 0 Å². The summed E-state index contributed by atoms with van der Waals surface area (Å²) >= 11 is 0. The van der Waals surface area contributed by atoms with Gasteiger partial charge in [0.15, 0.2) is 11.2 Å². The third-order valence-corrected chi connectivity index (χ3v) is 3.93. The molecule has 5 heteroatoms. The monoisotopic (exact) mass is 235 g/mol. The van der Waals surface area contributed by atoms with Crippen LogP contribution in [-0.4, -0.2) is 26.6 Å². The Labute approximate surface area is 101 Å². The van der Waals surface area contributed by atoms with E-state index in [0.717, 1.165) is 4.74 Å². The Balaban J connectivity index is 2.59. The third-order valence-electron chi connectivity index (χ3n) is 3.93. The van der Waals surface area contributed by atoms with Gasteiger partial charge in [-0.3, -0.25) is 5.06 Å². The van der Waals surface area contributed by atoms with Crippen molar-refractivity contribution in [3.8, 4) is 0 Å². The maximum atomic E-state index is 12.3. The summed E-state index contributed by atoms with van der Waals surface area (Å²) in [5.41, 5.74) is -1.01. The first-order valence-electron chi connectivity index (χ1n) is 5.60. The number of nitrogens with one attached hydrogen (secondary N) is 1. The third kappa shape index (κ3) is 1.46. The van der Waals surface area contributed by atoms with Crippen molar-refractivity contribution in [3.63, 3.8) is 0 Å². The van der Waals surface area contributed by atoms with Gasteiger partial charge < -0.3 is 10.4 Å². The molecule has 5 nitrogen and oxygen atoms in total. The summed E-state index contributed by atoms with van der Waals surface area (Å²) in [6.45, 7) is 7.17. The molecule has 0 fully saturated rings. The predicted octanol–water partition coefficient (Wildman–Crippen LogP) is 0.292. The first kappa shape index (κ1) is 12.0. The number of nitrogens with zero attached hydrogens (tertiary/aromatic N) is 2. The summed E-state index contributed by atoms with van der Waals surface area (Å²) in [5.74, 6) is 0.167. The van der Waals surface area contributed by atoms with Crippen molar-refractivity contribution in [2.75, 3.05) is 0 Å². The summed E-state index contributed by atoms with van der Waals surface area (Å²) in [6.07, 6.45) is 1.59. The maximum Gasteiger partial charge on any atom is 0.400 e. The second-order valence-electron chi connectivity index (χ2n) is 5.37. The Hall–Kier alpha value is -1.46. The van der Waals surface area contributed by atoms with Gasteiger partial charge in [0.1, 0.15) is 0 Å². The normalized spacial score (nSPS) is 26.3. The van der Waals surface area contributed by atoms with Gasteiger partial charge in [-0.15, -0.1) is 4.74 Å². The zero-order valence-electron chi connectivity index (χ0n) is 10.5.